The Bertz CT molecular complexity index is 212. The van der Waals surface area contributed by atoms with Gasteiger partial charge in [-0.1, -0.05) is 0 Å². The zero-order valence-electron chi connectivity index (χ0n) is 7.27. The second-order valence-corrected chi connectivity index (χ2v) is 37.3. The molecule has 0 aromatic rings. The summed E-state index contributed by atoms with van der Waals surface area (Å²) in [5, 5.41) is 8.80. The number of thiol groups is 1. The Morgan fingerprint density at radius 1 is 1.67 bits per heavy atom. The summed E-state index contributed by atoms with van der Waals surface area (Å²) in [5.74, 6) is -0.746. The van der Waals surface area contributed by atoms with Crippen LogP contribution in [0.4, 0.5) is 0 Å². The smallest absolute Gasteiger partial charge is 0 e. The molecule has 12 heavy (non-hydrogen) atoms. The van der Waals surface area contributed by atoms with E-state index in [1.54, 1.807) is 7.59 Å². The van der Waals surface area contributed by atoms with E-state index in [9.17, 15) is 4.79 Å². The van der Waals surface area contributed by atoms with E-state index in [1.807, 2.05) is 17.1 Å². The fourth-order valence-corrected chi connectivity index (χ4v) is 13.0. The average Bonchev–Trinajstić information content (AvgIpc) is 1.88. The van der Waals surface area contributed by atoms with Crippen molar-refractivity contribution in [2.75, 3.05) is 6.26 Å². The predicted molar refractivity (Wildman–Crippen MR) is 51.3 cm³/mol. The van der Waals surface area contributed by atoms with Gasteiger partial charge >= 0.3 is 78.6 Å². The van der Waals surface area contributed by atoms with Gasteiger partial charge in [-0.2, -0.15) is 0 Å². The van der Waals surface area contributed by atoms with Crippen molar-refractivity contribution in [2.24, 2.45) is 0 Å². The molecule has 0 aromatic carbocycles. The molecule has 0 aliphatic heterocycles. The van der Waals surface area contributed by atoms with Crippen molar-refractivity contribution >= 4 is 24.5 Å². The van der Waals surface area contributed by atoms with E-state index < -0.39 is 26.6 Å². The Balaban J connectivity index is 0. The van der Waals surface area contributed by atoms with Gasteiger partial charge in [-0.05, 0) is 0 Å². The third-order valence-corrected chi connectivity index (χ3v) is 29.2. The first-order valence-corrected chi connectivity index (χ1v) is 21.9. The minimum Gasteiger partial charge on any atom is 0 e. The van der Waals surface area contributed by atoms with Gasteiger partial charge in [-0.25, -0.2) is 0 Å². The molecule has 2 nitrogen and oxygen atoms in total. The minimum atomic E-state index is -2.86. The number of carboxylic acids is 1. The molecule has 0 rings (SSSR count). The summed E-state index contributed by atoms with van der Waals surface area (Å²) in [6.45, 7) is 1.88. The normalized spacial score (nSPS) is 14.3. The third kappa shape index (κ3) is 5.29. The van der Waals surface area contributed by atoms with Crippen molar-refractivity contribution in [2.45, 2.75) is 17.3 Å². The Hall–Kier alpha value is 2.35. The predicted octanol–water partition coefficient (Wildman–Crippen LogP) is 1.98. The van der Waals surface area contributed by atoms with Crippen LogP contribution in [0.15, 0.2) is 0 Å². The van der Waals surface area contributed by atoms with E-state index >= 15 is 0 Å². The van der Waals surface area contributed by atoms with Crippen LogP contribution in [0.25, 0.3) is 0 Å². The van der Waals surface area contributed by atoms with Crippen molar-refractivity contribution < 1.29 is 68.2 Å². The summed E-state index contributed by atoms with van der Waals surface area (Å²) in [7, 11) is 6.14. The third-order valence-electron chi connectivity index (χ3n) is 1.57. The van der Waals surface area contributed by atoms with Gasteiger partial charge in [0, 0.05) is 37.7 Å². The zero-order valence-corrected chi connectivity index (χ0v) is 13.9. The first-order valence-electron chi connectivity index (χ1n) is 3.32. The SMILES string of the molecule is CC[C](C(=O)O)=[U]([CH3])([SH])[S]C.[Ar]. The molecular weight excluding hydrogens is 446 g/mol. The molecule has 6 heteroatoms. The van der Waals surface area contributed by atoms with Gasteiger partial charge in [0.15, 0.2) is 0 Å². The van der Waals surface area contributed by atoms with Crippen LogP contribution in [0.1, 0.15) is 13.3 Å². The van der Waals surface area contributed by atoms with Crippen LogP contribution in [0, 0.1) is 58.3 Å². The summed E-state index contributed by atoms with van der Waals surface area (Å²) in [4.78, 5) is 10.7. The van der Waals surface area contributed by atoms with Crippen LogP contribution in [0.3, 0.4) is 0 Å². The maximum Gasteiger partial charge on any atom is 0 e. The number of carbonyl (C=O) groups is 1. The molecule has 0 saturated carbocycles. The maximum absolute atomic E-state index is 10.7. The maximum atomic E-state index is 10.7. The Morgan fingerprint density at radius 3 is 2.17 bits per heavy atom. The van der Waals surface area contributed by atoms with Crippen molar-refractivity contribution in [3.8, 4) is 0 Å². The first-order chi connectivity index (χ1) is 4.95. The van der Waals surface area contributed by atoms with Gasteiger partial charge in [0.25, 0.3) is 0 Å². The molecule has 0 aromatic heterocycles. The van der Waals surface area contributed by atoms with Crippen LogP contribution in [-0.2, 0) is 4.79 Å². The van der Waals surface area contributed by atoms with Crippen LogP contribution in [0.5, 0.6) is 0 Å². The number of carboxylic acid groups (broad SMARTS) is 1. The van der Waals surface area contributed by atoms with Gasteiger partial charge in [0.2, 0.25) is 0 Å². The summed E-state index contributed by atoms with van der Waals surface area (Å²) in [6.07, 6.45) is 2.59. The topological polar surface area (TPSA) is 37.3 Å². The van der Waals surface area contributed by atoms with Crippen molar-refractivity contribution in [1.29, 1.82) is 0 Å². The van der Waals surface area contributed by atoms with Crippen LogP contribution in [-0.4, -0.2) is 19.9 Å². The van der Waals surface area contributed by atoms with E-state index in [-0.39, 0.29) is 37.7 Å². The van der Waals surface area contributed by atoms with Crippen molar-refractivity contribution in [3.63, 3.8) is 0 Å². The molecule has 0 aliphatic carbocycles. The van der Waals surface area contributed by atoms with Crippen molar-refractivity contribution in [3.05, 3.63) is 0 Å². The average molecular weight is 459 g/mol. The van der Waals surface area contributed by atoms with Crippen LogP contribution in [0.2, 0.25) is 3.96 Å². The summed E-state index contributed by atoms with van der Waals surface area (Å²) >= 11 is -2.86. The Morgan fingerprint density at radius 2 is 2.08 bits per heavy atom. The number of aliphatic carboxylic acids is 1. The molecule has 0 radical (unpaired) electrons. The molecule has 0 aliphatic rings. The molecule has 0 spiro atoms. The molecule has 0 amide bonds. The molecule has 0 saturated heterocycles. The molecule has 1 N–H and O–H groups in total. The van der Waals surface area contributed by atoms with E-state index in [4.69, 9.17) is 5.11 Å². The summed E-state index contributed by atoms with van der Waals surface area (Å²) in [5.41, 5.74) is 0. The van der Waals surface area contributed by atoms with Crippen LogP contribution >= 0.6 is 16.0 Å². The Labute approximate surface area is 114 Å². The number of rotatable bonds is 3. The summed E-state index contributed by atoms with van der Waals surface area (Å²) in [6, 6.07) is 0. The second kappa shape index (κ2) is 7.62. The van der Waals surface area contributed by atoms with E-state index in [2.05, 4.69) is 8.45 Å². The second-order valence-electron chi connectivity index (χ2n) is 2.32. The van der Waals surface area contributed by atoms with Crippen molar-refractivity contribution in [1.82, 2.24) is 0 Å². The monoisotopic (exact) mass is 459 g/mol. The van der Waals surface area contributed by atoms with Gasteiger partial charge < -0.3 is 0 Å². The molecule has 1 unspecified atom stereocenters. The van der Waals surface area contributed by atoms with Gasteiger partial charge in [0.05, 0.1) is 0 Å². The first kappa shape index (κ1) is 16.8. The Kier molecular flexibility index (Phi) is 10.6. The van der Waals surface area contributed by atoms with Gasteiger partial charge in [0.1, 0.15) is 0 Å². The molecule has 0 heterocycles. The molecule has 0 fully saturated rings. The van der Waals surface area contributed by atoms with Gasteiger partial charge in [-0.3, -0.25) is 0 Å². The van der Waals surface area contributed by atoms with Gasteiger partial charge in [-0.15, -0.1) is 0 Å². The number of hydrogen-bond donors (Lipinski definition) is 2. The standard InChI is InChI=1S/C4H6O2.CH4S.CH3.Ar.H2S.U/c1-2-3-4(5)6;1-2;;;;/h2H2,1H3,(H,5,6);2H,1H3;1H3;;1H2;/q;;;;;+2/p-2. The fourth-order valence-electron chi connectivity index (χ4n) is 0.801. The van der Waals surface area contributed by atoms with E-state index in [1.165, 1.54) is 0 Å². The zero-order chi connectivity index (χ0) is 9.07. The number of hydrogen-bond acceptors (Lipinski definition) is 3. The quantitative estimate of drug-likeness (QED) is 0.635. The molecule has 1 atom stereocenters. The van der Waals surface area contributed by atoms with E-state index in [0.29, 0.717) is 8.95 Å². The fraction of sp³-hybridized carbons (Fsp3) is 0.667. The molecule has 73 valence electrons. The largest absolute Gasteiger partial charge is 0 e. The molecule has 0 bridgehead atoms. The molecular formula is C6H13ArO2S2U. The van der Waals surface area contributed by atoms with Crippen LogP contribution < -0.4 is 0 Å². The minimum absolute atomic E-state index is 0. The van der Waals surface area contributed by atoms with E-state index in [0.717, 1.165) is 0 Å². The summed E-state index contributed by atoms with van der Waals surface area (Å²) < 4.78 is 2.71.